The predicted molar refractivity (Wildman–Crippen MR) is 75.6 cm³/mol. The topological polar surface area (TPSA) is 54.0 Å². The molecule has 0 rings (SSSR count). The molecular weight excluding hydrogens is 271 g/mol. The largest absolute Gasteiger partial charge is 0.397 e. The van der Waals surface area contributed by atoms with Crippen molar-refractivity contribution in [2.24, 2.45) is 0 Å². The van der Waals surface area contributed by atoms with E-state index in [2.05, 4.69) is 13.8 Å². The quantitative estimate of drug-likeness (QED) is 0.315. The van der Waals surface area contributed by atoms with Gasteiger partial charge in [0.2, 0.25) is 0 Å². The molecule has 0 heterocycles. The van der Waals surface area contributed by atoms with Gasteiger partial charge in [0.25, 0.3) is 0 Å². The molecule has 7 heteroatoms. The van der Waals surface area contributed by atoms with Crippen LogP contribution in [-0.2, 0) is 22.5 Å². The predicted octanol–water partition coefficient (Wildman–Crippen LogP) is 2.94. The Hall–Kier alpha value is 0.287. The van der Waals surface area contributed by atoms with E-state index in [4.69, 9.17) is 17.9 Å². The molecule has 0 N–H and O–H groups in total. The van der Waals surface area contributed by atoms with Crippen LogP contribution in [0.15, 0.2) is 0 Å². The van der Waals surface area contributed by atoms with Crippen LogP contribution in [0.3, 0.4) is 0 Å². The lowest BCUT2D eigenvalue weighted by Gasteiger charge is -2.16. The zero-order valence-electron chi connectivity index (χ0n) is 12.0. The van der Waals surface area contributed by atoms with E-state index in [1.807, 2.05) is 0 Å². The third-order valence-corrected chi connectivity index (χ3v) is 5.67. The van der Waals surface area contributed by atoms with E-state index in [1.165, 1.54) is 13.8 Å². The van der Waals surface area contributed by atoms with Gasteiger partial charge in [-0.25, -0.2) is 0 Å². The Morgan fingerprint density at radius 3 is 2.06 bits per heavy atom. The van der Waals surface area contributed by atoms with Crippen LogP contribution in [0.2, 0.25) is 6.04 Å². The third-order valence-electron chi connectivity index (χ3n) is 2.26. The molecule has 0 bridgehead atoms. The van der Waals surface area contributed by atoms with Gasteiger partial charge in [-0.1, -0.05) is 13.8 Å². The minimum absolute atomic E-state index is 0.427. The van der Waals surface area contributed by atoms with Crippen LogP contribution in [0, 0.1) is 0 Å². The molecule has 0 amide bonds. The van der Waals surface area contributed by atoms with Crippen molar-refractivity contribution in [3.8, 4) is 0 Å². The summed E-state index contributed by atoms with van der Waals surface area (Å²) >= 11 is 0. The molecule has 0 aliphatic heterocycles. The van der Waals surface area contributed by atoms with Crippen molar-refractivity contribution in [2.45, 2.75) is 39.2 Å². The fourth-order valence-electron chi connectivity index (χ4n) is 1.25. The molecule has 0 aliphatic carbocycles. The maximum atomic E-state index is 11.5. The lowest BCUT2D eigenvalue weighted by molar-refractivity contribution is 0.190. The Kier molecular flexibility index (Phi) is 11.3. The molecule has 0 radical (unpaired) electrons. The Balaban J connectivity index is 3.77. The van der Waals surface area contributed by atoms with Crippen LogP contribution >= 0.6 is 7.60 Å². The molecular formula is C11H27O5PSi. The van der Waals surface area contributed by atoms with Gasteiger partial charge >= 0.3 is 16.9 Å². The van der Waals surface area contributed by atoms with Gasteiger partial charge in [0.15, 0.2) is 0 Å². The van der Waals surface area contributed by atoms with Crippen molar-refractivity contribution in [3.63, 3.8) is 0 Å². The maximum Gasteiger partial charge on any atom is 0.327 e. The van der Waals surface area contributed by atoms with E-state index in [0.29, 0.717) is 6.61 Å². The van der Waals surface area contributed by atoms with Crippen LogP contribution in [0.4, 0.5) is 0 Å². The molecule has 0 saturated carbocycles. The zero-order valence-corrected chi connectivity index (χ0v) is 14.1. The molecule has 1 unspecified atom stereocenters. The second-order valence-corrected chi connectivity index (χ2v) is 8.37. The minimum atomic E-state index is -2.84. The molecule has 0 spiro atoms. The van der Waals surface area contributed by atoms with E-state index < -0.39 is 16.9 Å². The van der Waals surface area contributed by atoms with Crippen LogP contribution in [-0.4, -0.2) is 42.9 Å². The molecule has 0 aromatic heterocycles. The second kappa shape index (κ2) is 11.1. The molecule has 0 aliphatic rings. The maximum absolute atomic E-state index is 11.5. The second-order valence-electron chi connectivity index (χ2n) is 4.10. The van der Waals surface area contributed by atoms with Gasteiger partial charge in [0.05, 0.1) is 6.61 Å². The summed E-state index contributed by atoms with van der Waals surface area (Å²) in [7, 11) is -3.02. The lowest BCUT2D eigenvalue weighted by Crippen LogP contribution is -2.24. The normalized spacial score (nSPS) is 14.9. The van der Waals surface area contributed by atoms with Crippen LogP contribution < -0.4 is 0 Å². The van der Waals surface area contributed by atoms with Crippen molar-refractivity contribution in [3.05, 3.63) is 0 Å². The number of rotatable bonds is 12. The first-order chi connectivity index (χ1) is 8.55. The van der Waals surface area contributed by atoms with Crippen LogP contribution in [0.1, 0.15) is 33.1 Å². The van der Waals surface area contributed by atoms with Gasteiger partial charge in [0, 0.05) is 27.0 Å². The van der Waals surface area contributed by atoms with E-state index in [9.17, 15) is 4.57 Å². The van der Waals surface area contributed by atoms with Gasteiger partial charge in [0.1, 0.15) is 0 Å². The molecule has 110 valence electrons. The lowest BCUT2D eigenvalue weighted by atomic mass is 10.5. The average Bonchev–Trinajstić information content (AvgIpc) is 2.36. The molecule has 0 fully saturated rings. The van der Waals surface area contributed by atoms with E-state index >= 15 is 0 Å². The highest BCUT2D eigenvalue weighted by molar-refractivity contribution is 7.52. The smallest absolute Gasteiger partial charge is 0.327 e. The number of hydrogen-bond acceptors (Lipinski definition) is 5. The minimum Gasteiger partial charge on any atom is -0.397 e. The molecule has 18 heavy (non-hydrogen) atoms. The van der Waals surface area contributed by atoms with Crippen molar-refractivity contribution in [2.75, 3.05) is 33.6 Å². The summed E-state index contributed by atoms with van der Waals surface area (Å²) < 4.78 is 32.8. The molecule has 0 aromatic rings. The van der Waals surface area contributed by atoms with Gasteiger partial charge < -0.3 is 17.9 Å². The monoisotopic (exact) mass is 298 g/mol. The van der Waals surface area contributed by atoms with Gasteiger partial charge in [-0.2, -0.15) is 0 Å². The standard InChI is InChI=1S/C11H27O5PSi/c1-5-8-15-18(16-9-6-2)11-7-10-14-17(4,12)13-3/h18H,5-11H2,1-4H3. The van der Waals surface area contributed by atoms with Crippen LogP contribution in [0.25, 0.3) is 0 Å². The van der Waals surface area contributed by atoms with Gasteiger partial charge in [-0.3, -0.25) is 4.57 Å². The third kappa shape index (κ3) is 10.2. The summed E-state index contributed by atoms with van der Waals surface area (Å²) in [6.07, 6.45) is 2.80. The van der Waals surface area contributed by atoms with E-state index in [-0.39, 0.29) is 0 Å². The summed E-state index contributed by atoms with van der Waals surface area (Å²) in [5.74, 6) is 0. The zero-order chi connectivity index (χ0) is 13.9. The number of hydrogen-bond donors (Lipinski definition) is 0. The van der Waals surface area contributed by atoms with Gasteiger partial charge in [-0.05, 0) is 25.3 Å². The Labute approximate surface area is 113 Å². The summed E-state index contributed by atoms with van der Waals surface area (Å²) in [5.41, 5.74) is 0. The van der Waals surface area contributed by atoms with Crippen molar-refractivity contribution >= 4 is 16.9 Å². The highest BCUT2D eigenvalue weighted by Gasteiger charge is 2.16. The fraction of sp³-hybridized carbons (Fsp3) is 1.00. The Morgan fingerprint density at radius 1 is 1.06 bits per heavy atom. The van der Waals surface area contributed by atoms with Gasteiger partial charge in [-0.15, -0.1) is 0 Å². The molecule has 1 atom stereocenters. The summed E-state index contributed by atoms with van der Waals surface area (Å²) in [6, 6.07) is 0.879. The first-order valence-corrected chi connectivity index (χ1v) is 10.3. The molecule has 0 saturated heterocycles. The van der Waals surface area contributed by atoms with E-state index in [1.54, 1.807) is 0 Å². The first-order valence-electron chi connectivity index (χ1n) is 6.56. The highest BCUT2D eigenvalue weighted by atomic mass is 31.2. The summed E-state index contributed by atoms with van der Waals surface area (Å²) in [6.45, 7) is 7.58. The molecule has 0 aromatic carbocycles. The first kappa shape index (κ1) is 18.3. The summed E-state index contributed by atoms with van der Waals surface area (Å²) in [4.78, 5) is 0. The van der Waals surface area contributed by atoms with Crippen LogP contribution in [0.5, 0.6) is 0 Å². The molecule has 5 nitrogen and oxygen atoms in total. The van der Waals surface area contributed by atoms with E-state index in [0.717, 1.165) is 38.5 Å². The van der Waals surface area contributed by atoms with Crippen molar-refractivity contribution < 1.29 is 22.5 Å². The average molecular weight is 298 g/mol. The van der Waals surface area contributed by atoms with Crippen molar-refractivity contribution in [1.29, 1.82) is 0 Å². The summed E-state index contributed by atoms with van der Waals surface area (Å²) in [5, 5.41) is 0. The van der Waals surface area contributed by atoms with Crippen molar-refractivity contribution in [1.82, 2.24) is 0 Å². The fourth-order valence-corrected chi connectivity index (χ4v) is 3.74. The SMILES string of the molecule is CCCO[SiH](CCCOP(C)(=O)OC)OCCC. The highest BCUT2D eigenvalue weighted by Crippen LogP contribution is 2.42. The Morgan fingerprint density at radius 2 is 1.61 bits per heavy atom. The Bertz CT molecular complexity index is 231.